The van der Waals surface area contributed by atoms with E-state index in [1.165, 1.54) is 22.9 Å². The minimum atomic E-state index is 0.0913. The van der Waals surface area contributed by atoms with Crippen LogP contribution in [0.4, 0.5) is 5.69 Å². The van der Waals surface area contributed by atoms with Crippen molar-refractivity contribution in [1.82, 2.24) is 14.8 Å². The molecule has 0 unspecified atom stereocenters. The number of fused-ring (bicyclic) bond motifs is 1. The van der Waals surface area contributed by atoms with Crippen molar-refractivity contribution in [3.8, 4) is 5.75 Å². The Kier molecular flexibility index (Phi) is 5.81. The fourth-order valence-electron chi connectivity index (χ4n) is 3.76. The van der Waals surface area contributed by atoms with Crippen molar-refractivity contribution in [3.05, 3.63) is 65.0 Å². The maximum atomic E-state index is 12.9. The molecular formula is C23H26N4O2S. The van der Waals surface area contributed by atoms with E-state index in [4.69, 9.17) is 4.74 Å². The van der Waals surface area contributed by atoms with E-state index in [0.29, 0.717) is 17.5 Å². The Morgan fingerprint density at radius 3 is 2.80 bits per heavy atom. The van der Waals surface area contributed by atoms with Crippen LogP contribution in [-0.2, 0) is 24.9 Å². The van der Waals surface area contributed by atoms with E-state index in [2.05, 4.69) is 36.2 Å². The molecular weight excluding hydrogens is 396 g/mol. The van der Waals surface area contributed by atoms with Crippen LogP contribution in [0.15, 0.2) is 47.6 Å². The van der Waals surface area contributed by atoms with E-state index < -0.39 is 0 Å². The molecule has 2 heterocycles. The lowest BCUT2D eigenvalue weighted by Gasteiger charge is -2.22. The number of carbonyl (C=O) groups excluding carboxylic acids is 1. The van der Waals surface area contributed by atoms with Gasteiger partial charge in [0.1, 0.15) is 12.4 Å². The molecule has 1 aliphatic rings. The predicted octanol–water partition coefficient (Wildman–Crippen LogP) is 4.08. The second kappa shape index (κ2) is 8.52. The van der Waals surface area contributed by atoms with E-state index >= 15 is 0 Å². The van der Waals surface area contributed by atoms with E-state index in [1.54, 1.807) is 0 Å². The number of carbonyl (C=O) groups is 1. The number of nitrogens with zero attached hydrogens (tertiary/aromatic N) is 4. The number of hydrogen-bond donors (Lipinski definition) is 0. The first-order chi connectivity index (χ1) is 14.5. The molecule has 1 amide bonds. The minimum Gasteiger partial charge on any atom is -0.485 e. The SMILES string of the molecule is Cc1cccc(OCc2nnc(SCC(=O)N3c4ccccc4C[C@@H]3C)n2C)c1C. The van der Waals surface area contributed by atoms with E-state index in [-0.39, 0.29) is 11.9 Å². The summed E-state index contributed by atoms with van der Waals surface area (Å²) in [4.78, 5) is 14.8. The Morgan fingerprint density at radius 1 is 1.17 bits per heavy atom. The van der Waals surface area contributed by atoms with Crippen LogP contribution in [0.5, 0.6) is 5.75 Å². The van der Waals surface area contributed by atoms with Gasteiger partial charge in [0, 0.05) is 18.8 Å². The van der Waals surface area contributed by atoms with Crippen LogP contribution >= 0.6 is 11.8 Å². The number of thioether (sulfide) groups is 1. The molecule has 6 nitrogen and oxygen atoms in total. The van der Waals surface area contributed by atoms with Gasteiger partial charge in [0.2, 0.25) is 5.91 Å². The summed E-state index contributed by atoms with van der Waals surface area (Å²) in [5.74, 6) is 1.99. The minimum absolute atomic E-state index is 0.0913. The van der Waals surface area contributed by atoms with Crippen molar-refractivity contribution in [3.63, 3.8) is 0 Å². The molecule has 0 saturated heterocycles. The van der Waals surface area contributed by atoms with Gasteiger partial charge in [-0.05, 0) is 56.0 Å². The number of para-hydroxylation sites is 1. The second-order valence-electron chi connectivity index (χ2n) is 7.68. The number of aryl methyl sites for hydroxylation is 1. The van der Waals surface area contributed by atoms with Crippen LogP contribution in [-0.4, -0.2) is 32.5 Å². The average molecular weight is 423 g/mol. The normalized spacial score (nSPS) is 15.3. The lowest BCUT2D eigenvalue weighted by Crippen LogP contribution is -2.37. The Hall–Kier alpha value is -2.80. The van der Waals surface area contributed by atoms with Crippen molar-refractivity contribution < 1.29 is 9.53 Å². The zero-order valence-corrected chi connectivity index (χ0v) is 18.6. The van der Waals surface area contributed by atoms with Crippen molar-refractivity contribution in [2.24, 2.45) is 7.05 Å². The van der Waals surface area contributed by atoms with Gasteiger partial charge in [-0.25, -0.2) is 0 Å². The zero-order valence-electron chi connectivity index (χ0n) is 17.8. The molecule has 1 aromatic heterocycles. The van der Waals surface area contributed by atoms with Crippen molar-refractivity contribution in [2.45, 2.75) is 45.0 Å². The highest BCUT2D eigenvalue weighted by Gasteiger charge is 2.30. The van der Waals surface area contributed by atoms with Gasteiger partial charge >= 0.3 is 0 Å². The number of amides is 1. The fourth-order valence-corrected chi connectivity index (χ4v) is 4.55. The number of hydrogen-bond acceptors (Lipinski definition) is 5. The summed E-state index contributed by atoms with van der Waals surface area (Å²) in [7, 11) is 1.91. The highest BCUT2D eigenvalue weighted by molar-refractivity contribution is 7.99. The highest BCUT2D eigenvalue weighted by Crippen LogP contribution is 2.32. The van der Waals surface area contributed by atoms with E-state index in [1.807, 2.05) is 53.8 Å². The molecule has 0 N–H and O–H groups in total. The lowest BCUT2D eigenvalue weighted by molar-refractivity contribution is -0.116. The number of ether oxygens (including phenoxy) is 1. The van der Waals surface area contributed by atoms with Gasteiger partial charge in [-0.3, -0.25) is 4.79 Å². The van der Waals surface area contributed by atoms with Crippen LogP contribution in [0, 0.1) is 13.8 Å². The Balaban J connectivity index is 1.39. The molecule has 4 rings (SSSR count). The van der Waals surface area contributed by atoms with Gasteiger partial charge < -0.3 is 14.2 Å². The predicted molar refractivity (Wildman–Crippen MR) is 119 cm³/mol. The van der Waals surface area contributed by atoms with Gasteiger partial charge in [-0.2, -0.15) is 0 Å². The number of benzene rings is 2. The summed E-state index contributed by atoms with van der Waals surface area (Å²) >= 11 is 1.41. The summed E-state index contributed by atoms with van der Waals surface area (Å²) in [5, 5.41) is 9.22. The Labute approximate surface area is 181 Å². The highest BCUT2D eigenvalue weighted by atomic mass is 32.2. The smallest absolute Gasteiger partial charge is 0.237 e. The van der Waals surface area contributed by atoms with Gasteiger partial charge in [0.15, 0.2) is 11.0 Å². The van der Waals surface area contributed by atoms with Crippen LogP contribution in [0.1, 0.15) is 29.4 Å². The van der Waals surface area contributed by atoms with Gasteiger partial charge in [-0.1, -0.05) is 42.1 Å². The van der Waals surface area contributed by atoms with Crippen LogP contribution in [0.3, 0.4) is 0 Å². The second-order valence-corrected chi connectivity index (χ2v) is 8.62. The summed E-state index contributed by atoms with van der Waals surface area (Å²) in [6, 6.07) is 14.3. The van der Waals surface area contributed by atoms with Gasteiger partial charge in [0.25, 0.3) is 0 Å². The van der Waals surface area contributed by atoms with E-state index in [9.17, 15) is 4.79 Å². The third-order valence-corrected chi connectivity index (χ3v) is 6.64. The van der Waals surface area contributed by atoms with E-state index in [0.717, 1.165) is 29.2 Å². The van der Waals surface area contributed by atoms with Gasteiger partial charge in [-0.15, -0.1) is 10.2 Å². The quantitative estimate of drug-likeness (QED) is 0.560. The monoisotopic (exact) mass is 422 g/mol. The van der Waals surface area contributed by atoms with Crippen molar-refractivity contribution in [1.29, 1.82) is 0 Å². The van der Waals surface area contributed by atoms with Gasteiger partial charge in [0.05, 0.1) is 5.75 Å². The first-order valence-electron chi connectivity index (χ1n) is 10.1. The maximum Gasteiger partial charge on any atom is 0.237 e. The number of rotatable bonds is 6. The van der Waals surface area contributed by atoms with Crippen molar-refractivity contribution in [2.75, 3.05) is 10.7 Å². The molecule has 0 bridgehead atoms. The maximum absolute atomic E-state index is 12.9. The molecule has 0 fully saturated rings. The Bertz CT molecular complexity index is 1080. The molecule has 7 heteroatoms. The standard InChI is InChI=1S/C23H26N4O2S/c1-15-8-7-11-20(17(15)3)29-13-21-24-25-23(26(21)4)30-14-22(28)27-16(2)12-18-9-5-6-10-19(18)27/h5-11,16H,12-14H2,1-4H3/t16-/m0/s1. The molecule has 0 radical (unpaired) electrons. The molecule has 3 aromatic rings. The molecule has 0 aliphatic carbocycles. The largest absolute Gasteiger partial charge is 0.485 e. The summed E-state index contributed by atoms with van der Waals surface area (Å²) < 4.78 is 7.84. The molecule has 1 aliphatic heterocycles. The summed E-state index contributed by atoms with van der Waals surface area (Å²) in [6.45, 7) is 6.54. The third-order valence-electron chi connectivity index (χ3n) is 5.64. The molecule has 156 valence electrons. The first-order valence-corrected chi connectivity index (χ1v) is 11.0. The molecule has 1 atom stereocenters. The zero-order chi connectivity index (χ0) is 21.3. The third kappa shape index (κ3) is 3.94. The van der Waals surface area contributed by atoms with Crippen LogP contribution in [0.2, 0.25) is 0 Å². The van der Waals surface area contributed by atoms with Crippen LogP contribution < -0.4 is 9.64 Å². The average Bonchev–Trinajstić information content (AvgIpc) is 3.26. The van der Waals surface area contributed by atoms with Crippen LogP contribution in [0.25, 0.3) is 0 Å². The summed E-state index contributed by atoms with van der Waals surface area (Å²) in [5.41, 5.74) is 4.57. The fraction of sp³-hybridized carbons (Fsp3) is 0.348. The topological polar surface area (TPSA) is 60.3 Å². The number of aromatic nitrogens is 3. The number of anilines is 1. The van der Waals surface area contributed by atoms with Crippen molar-refractivity contribution >= 4 is 23.4 Å². The molecule has 0 spiro atoms. The lowest BCUT2D eigenvalue weighted by atomic mass is 10.1. The first kappa shape index (κ1) is 20.5. The molecule has 0 saturated carbocycles. The molecule has 2 aromatic carbocycles. The Morgan fingerprint density at radius 2 is 1.97 bits per heavy atom. The molecule has 30 heavy (non-hydrogen) atoms. The summed E-state index contributed by atoms with van der Waals surface area (Å²) in [6.07, 6.45) is 0.899.